The van der Waals surface area contributed by atoms with E-state index >= 15 is 0 Å². The molecule has 0 saturated carbocycles. The van der Waals surface area contributed by atoms with Crippen LogP contribution in [-0.4, -0.2) is 56.1 Å². The molecule has 1 aromatic heterocycles. The first-order chi connectivity index (χ1) is 16.3. The average Bonchev–Trinajstić information content (AvgIpc) is 3.32. The lowest BCUT2D eigenvalue weighted by atomic mass is 9.97. The monoisotopic (exact) mass is 506 g/mol. The van der Waals surface area contributed by atoms with Crippen molar-refractivity contribution in [3.63, 3.8) is 0 Å². The van der Waals surface area contributed by atoms with Gasteiger partial charge in [-0.15, -0.1) is 5.10 Å². The minimum atomic E-state index is -3.64. The van der Waals surface area contributed by atoms with Crippen LogP contribution in [0.2, 0.25) is 5.02 Å². The number of hydrogen-bond donors (Lipinski definition) is 1. The van der Waals surface area contributed by atoms with Gasteiger partial charge >= 0.3 is 6.01 Å². The molecule has 10 nitrogen and oxygen atoms in total. The minimum Gasteiger partial charge on any atom is -0.493 e. The zero-order valence-corrected chi connectivity index (χ0v) is 20.1. The molecule has 0 radical (unpaired) electrons. The lowest BCUT2D eigenvalue weighted by Crippen LogP contribution is -2.41. The first kappa shape index (κ1) is 24.0. The summed E-state index contributed by atoms with van der Waals surface area (Å²) >= 11 is 5.85. The first-order valence-corrected chi connectivity index (χ1v) is 12.3. The van der Waals surface area contributed by atoms with E-state index in [1.165, 1.54) is 42.8 Å². The van der Waals surface area contributed by atoms with Crippen LogP contribution >= 0.6 is 11.6 Å². The number of carbonyl (C=O) groups is 1. The summed E-state index contributed by atoms with van der Waals surface area (Å²) in [5.74, 6) is 0.590. The first-order valence-electron chi connectivity index (χ1n) is 10.4. The Balaban J connectivity index is 1.37. The van der Waals surface area contributed by atoms with E-state index in [-0.39, 0.29) is 41.7 Å². The number of aromatic nitrogens is 2. The van der Waals surface area contributed by atoms with Crippen LogP contribution in [0.5, 0.6) is 11.5 Å². The lowest BCUT2D eigenvalue weighted by molar-refractivity contribution is -0.121. The molecule has 1 N–H and O–H groups in total. The highest BCUT2D eigenvalue weighted by molar-refractivity contribution is 7.89. The molecular weight excluding hydrogens is 484 g/mol. The minimum absolute atomic E-state index is 0.0361. The van der Waals surface area contributed by atoms with Gasteiger partial charge in [-0.05, 0) is 55.3 Å². The quantitative estimate of drug-likeness (QED) is 0.516. The second-order valence-electron chi connectivity index (χ2n) is 7.60. The van der Waals surface area contributed by atoms with Crippen LogP contribution in [0.15, 0.2) is 51.8 Å². The molecule has 12 heteroatoms. The number of methoxy groups -OCH3 is 2. The van der Waals surface area contributed by atoms with Crippen molar-refractivity contribution in [2.24, 2.45) is 5.92 Å². The number of sulfonamides is 1. The highest BCUT2D eigenvalue weighted by Gasteiger charge is 2.32. The third-order valence-electron chi connectivity index (χ3n) is 5.56. The van der Waals surface area contributed by atoms with Crippen LogP contribution in [0.25, 0.3) is 11.5 Å². The van der Waals surface area contributed by atoms with Crippen LogP contribution in [0.1, 0.15) is 12.8 Å². The number of amides is 1. The van der Waals surface area contributed by atoms with Gasteiger partial charge in [0.25, 0.3) is 0 Å². The molecule has 1 fully saturated rings. The summed E-state index contributed by atoms with van der Waals surface area (Å²) in [7, 11) is -0.584. The van der Waals surface area contributed by atoms with E-state index in [0.29, 0.717) is 34.9 Å². The molecule has 0 bridgehead atoms. The largest absolute Gasteiger partial charge is 0.493 e. The predicted octanol–water partition coefficient (Wildman–Crippen LogP) is 3.45. The van der Waals surface area contributed by atoms with Gasteiger partial charge < -0.3 is 13.9 Å². The molecule has 34 heavy (non-hydrogen) atoms. The molecule has 3 aromatic rings. The Morgan fingerprint density at radius 2 is 1.74 bits per heavy atom. The highest BCUT2D eigenvalue weighted by atomic mass is 35.5. The second-order valence-corrected chi connectivity index (χ2v) is 9.98. The molecule has 1 aliphatic heterocycles. The van der Waals surface area contributed by atoms with E-state index in [2.05, 4.69) is 15.5 Å². The molecular formula is C22H23ClN4O6S. The van der Waals surface area contributed by atoms with Gasteiger partial charge in [-0.3, -0.25) is 10.1 Å². The second kappa shape index (κ2) is 10.00. The van der Waals surface area contributed by atoms with Crippen molar-refractivity contribution in [1.82, 2.24) is 14.5 Å². The van der Waals surface area contributed by atoms with Crippen LogP contribution in [0.4, 0.5) is 6.01 Å². The third kappa shape index (κ3) is 5.01. The summed E-state index contributed by atoms with van der Waals surface area (Å²) in [6.07, 6.45) is 0.741. The molecule has 2 aromatic carbocycles. The molecule has 0 unspecified atom stereocenters. The predicted molar refractivity (Wildman–Crippen MR) is 124 cm³/mol. The maximum atomic E-state index is 12.8. The van der Waals surface area contributed by atoms with Gasteiger partial charge in [-0.1, -0.05) is 16.7 Å². The Kier molecular flexibility index (Phi) is 7.05. The lowest BCUT2D eigenvalue weighted by Gasteiger charge is -2.30. The maximum absolute atomic E-state index is 12.8. The summed E-state index contributed by atoms with van der Waals surface area (Å²) < 4.78 is 43.1. The van der Waals surface area contributed by atoms with E-state index in [9.17, 15) is 13.2 Å². The molecule has 1 aliphatic rings. The van der Waals surface area contributed by atoms with E-state index < -0.39 is 10.0 Å². The summed E-state index contributed by atoms with van der Waals surface area (Å²) in [6, 6.07) is 11.1. The molecule has 180 valence electrons. The van der Waals surface area contributed by atoms with Gasteiger partial charge in [0.15, 0.2) is 11.5 Å². The highest BCUT2D eigenvalue weighted by Crippen LogP contribution is 2.32. The summed E-state index contributed by atoms with van der Waals surface area (Å²) in [5, 5.41) is 11.0. The summed E-state index contributed by atoms with van der Waals surface area (Å²) in [6.45, 7) is 0.452. The standard InChI is InChI=1S/C22H23ClN4O6S/c1-31-18-8-3-15(13-19(18)32-2)21-25-26-22(33-21)24-20(28)14-9-11-27(12-10-14)34(29,30)17-6-4-16(23)5-7-17/h3-8,13-14H,9-12H2,1-2H3,(H,24,26,28). The maximum Gasteiger partial charge on any atom is 0.322 e. The number of piperidine rings is 1. The van der Waals surface area contributed by atoms with Crippen LogP contribution in [-0.2, 0) is 14.8 Å². The molecule has 2 heterocycles. The Hall–Kier alpha value is -3.15. The molecule has 1 saturated heterocycles. The van der Waals surface area contributed by atoms with Gasteiger partial charge in [-0.25, -0.2) is 8.42 Å². The molecule has 0 atom stereocenters. The SMILES string of the molecule is COc1ccc(-c2nnc(NC(=O)C3CCN(S(=O)(=O)c4ccc(Cl)cc4)CC3)o2)cc1OC. The van der Waals surface area contributed by atoms with Crippen molar-refractivity contribution in [3.8, 4) is 23.0 Å². The fraction of sp³-hybridized carbons (Fsp3) is 0.318. The summed E-state index contributed by atoms with van der Waals surface area (Å²) in [4.78, 5) is 12.9. The van der Waals surface area contributed by atoms with E-state index in [4.69, 9.17) is 25.5 Å². The number of nitrogens with zero attached hydrogens (tertiary/aromatic N) is 3. The summed E-state index contributed by atoms with van der Waals surface area (Å²) in [5.41, 5.74) is 0.603. The Labute approximate surface area is 201 Å². The molecule has 0 spiro atoms. The normalized spacial score (nSPS) is 15.1. The molecule has 4 rings (SSSR count). The number of hydrogen-bond acceptors (Lipinski definition) is 8. The van der Waals surface area contributed by atoms with Gasteiger partial charge in [0.2, 0.25) is 21.8 Å². The Morgan fingerprint density at radius 3 is 2.38 bits per heavy atom. The van der Waals surface area contributed by atoms with E-state index in [1.54, 1.807) is 18.2 Å². The Bertz CT molecular complexity index is 1270. The van der Waals surface area contributed by atoms with Crippen LogP contribution < -0.4 is 14.8 Å². The molecule has 0 aliphatic carbocycles. The fourth-order valence-corrected chi connectivity index (χ4v) is 5.28. The van der Waals surface area contributed by atoms with E-state index in [1.807, 2.05) is 0 Å². The van der Waals surface area contributed by atoms with Crippen molar-refractivity contribution >= 4 is 33.5 Å². The van der Waals surface area contributed by atoms with Crippen LogP contribution in [0, 0.1) is 5.92 Å². The van der Waals surface area contributed by atoms with Crippen LogP contribution in [0.3, 0.4) is 0 Å². The Morgan fingerprint density at radius 1 is 1.06 bits per heavy atom. The van der Waals surface area contributed by atoms with Gasteiger partial charge in [-0.2, -0.15) is 4.31 Å². The van der Waals surface area contributed by atoms with Crippen molar-refractivity contribution in [2.45, 2.75) is 17.7 Å². The van der Waals surface area contributed by atoms with Crippen molar-refractivity contribution in [1.29, 1.82) is 0 Å². The smallest absolute Gasteiger partial charge is 0.322 e. The van der Waals surface area contributed by atoms with Gasteiger partial charge in [0.05, 0.1) is 19.1 Å². The van der Waals surface area contributed by atoms with E-state index in [0.717, 1.165) is 0 Å². The van der Waals surface area contributed by atoms with Crippen molar-refractivity contribution in [3.05, 3.63) is 47.5 Å². The number of nitrogens with one attached hydrogen (secondary N) is 1. The van der Waals surface area contributed by atoms with Gasteiger partial charge in [0, 0.05) is 29.6 Å². The zero-order valence-electron chi connectivity index (χ0n) is 18.5. The topological polar surface area (TPSA) is 124 Å². The fourth-order valence-electron chi connectivity index (χ4n) is 3.68. The number of rotatable bonds is 7. The van der Waals surface area contributed by atoms with Crippen molar-refractivity contribution < 1.29 is 27.1 Å². The molecule has 1 amide bonds. The number of halogens is 1. The zero-order chi connectivity index (χ0) is 24.3. The van der Waals surface area contributed by atoms with Crippen molar-refractivity contribution in [2.75, 3.05) is 32.6 Å². The number of ether oxygens (including phenoxy) is 2. The number of anilines is 1. The van der Waals surface area contributed by atoms with Gasteiger partial charge in [0.1, 0.15) is 0 Å². The number of carbonyl (C=O) groups excluding carboxylic acids is 1. The third-order valence-corrected chi connectivity index (χ3v) is 7.73. The number of benzene rings is 2. The average molecular weight is 507 g/mol.